The molecule has 0 saturated carbocycles. The highest BCUT2D eigenvalue weighted by molar-refractivity contribution is 7.92. The molecule has 3 rings (SSSR count). The molecule has 39 heavy (non-hydrogen) atoms. The third-order valence-electron chi connectivity index (χ3n) is 6.06. The standard InChI is InChI=1S/C30H37N3O5S/c1-5-28(30(35)31-23(3)4)32(21-24-13-9-7-10-14-24)29(34)22-33(25-17-19-26(20-18-25)38-6-2)39(36,37)27-15-11-8-12-16-27/h7-20,23,28H,5-6,21-22H2,1-4H3,(H,31,35). The van der Waals surface area contributed by atoms with E-state index in [-0.39, 0.29) is 23.4 Å². The van der Waals surface area contributed by atoms with Crippen molar-refractivity contribution in [3.05, 3.63) is 90.5 Å². The molecule has 0 aliphatic carbocycles. The lowest BCUT2D eigenvalue weighted by Crippen LogP contribution is -2.53. The number of carbonyl (C=O) groups is 2. The Balaban J connectivity index is 2.03. The molecule has 1 atom stereocenters. The number of amides is 2. The predicted molar refractivity (Wildman–Crippen MR) is 153 cm³/mol. The summed E-state index contributed by atoms with van der Waals surface area (Å²) in [5.41, 5.74) is 1.15. The second-order valence-electron chi connectivity index (χ2n) is 9.35. The van der Waals surface area contributed by atoms with Crippen molar-refractivity contribution in [1.29, 1.82) is 0 Å². The largest absolute Gasteiger partial charge is 0.494 e. The smallest absolute Gasteiger partial charge is 0.264 e. The fourth-order valence-electron chi connectivity index (χ4n) is 4.20. The van der Waals surface area contributed by atoms with Gasteiger partial charge in [0, 0.05) is 12.6 Å². The SMILES string of the molecule is CCOc1ccc(N(CC(=O)N(Cc2ccccc2)C(CC)C(=O)NC(C)C)S(=O)(=O)c2ccccc2)cc1. The molecule has 0 fully saturated rings. The maximum absolute atomic E-state index is 14.0. The number of nitrogens with zero attached hydrogens (tertiary/aromatic N) is 2. The third kappa shape index (κ3) is 7.83. The van der Waals surface area contributed by atoms with E-state index in [4.69, 9.17) is 4.74 Å². The fourth-order valence-corrected chi connectivity index (χ4v) is 5.64. The zero-order valence-corrected chi connectivity index (χ0v) is 23.7. The third-order valence-corrected chi connectivity index (χ3v) is 7.85. The van der Waals surface area contributed by atoms with Crippen LogP contribution in [0.3, 0.4) is 0 Å². The molecule has 208 valence electrons. The molecular weight excluding hydrogens is 514 g/mol. The summed E-state index contributed by atoms with van der Waals surface area (Å²) in [6, 6.07) is 23.0. The van der Waals surface area contributed by atoms with Crippen LogP contribution in [0.2, 0.25) is 0 Å². The van der Waals surface area contributed by atoms with Gasteiger partial charge in [-0.3, -0.25) is 13.9 Å². The van der Waals surface area contributed by atoms with Gasteiger partial charge >= 0.3 is 0 Å². The summed E-state index contributed by atoms with van der Waals surface area (Å²) in [5.74, 6) is -0.181. The number of sulfonamides is 1. The molecule has 0 bridgehead atoms. The molecule has 0 spiro atoms. The van der Waals surface area contributed by atoms with Gasteiger partial charge < -0.3 is 15.0 Å². The first kappa shape index (κ1) is 29.7. The van der Waals surface area contributed by atoms with Crippen LogP contribution in [-0.4, -0.2) is 50.4 Å². The van der Waals surface area contributed by atoms with E-state index < -0.39 is 28.5 Å². The number of anilines is 1. The molecule has 0 saturated heterocycles. The highest BCUT2D eigenvalue weighted by atomic mass is 32.2. The summed E-state index contributed by atoms with van der Waals surface area (Å²) >= 11 is 0. The average Bonchev–Trinajstić information content (AvgIpc) is 2.93. The number of benzene rings is 3. The summed E-state index contributed by atoms with van der Waals surface area (Å²) in [6.45, 7) is 7.55. The zero-order chi connectivity index (χ0) is 28.4. The second-order valence-corrected chi connectivity index (χ2v) is 11.2. The van der Waals surface area contributed by atoms with Crippen LogP contribution in [-0.2, 0) is 26.2 Å². The number of hydrogen-bond acceptors (Lipinski definition) is 5. The van der Waals surface area contributed by atoms with Crippen LogP contribution in [0, 0.1) is 0 Å². The van der Waals surface area contributed by atoms with Gasteiger partial charge in [-0.15, -0.1) is 0 Å². The molecule has 0 radical (unpaired) electrons. The van der Waals surface area contributed by atoms with Gasteiger partial charge in [-0.05, 0) is 69.2 Å². The van der Waals surface area contributed by atoms with Crippen molar-refractivity contribution in [2.45, 2.75) is 57.6 Å². The van der Waals surface area contributed by atoms with E-state index in [9.17, 15) is 18.0 Å². The van der Waals surface area contributed by atoms with E-state index >= 15 is 0 Å². The van der Waals surface area contributed by atoms with E-state index in [1.807, 2.05) is 58.0 Å². The van der Waals surface area contributed by atoms with Crippen LogP contribution in [0.5, 0.6) is 5.75 Å². The van der Waals surface area contributed by atoms with Gasteiger partial charge in [-0.2, -0.15) is 0 Å². The first-order chi connectivity index (χ1) is 18.7. The van der Waals surface area contributed by atoms with Gasteiger partial charge in [0.15, 0.2) is 0 Å². The lowest BCUT2D eigenvalue weighted by molar-refractivity contribution is -0.140. The number of ether oxygens (including phenoxy) is 1. The summed E-state index contributed by atoms with van der Waals surface area (Å²) in [4.78, 5) is 28.7. The molecule has 3 aromatic carbocycles. The van der Waals surface area contributed by atoms with E-state index in [0.29, 0.717) is 24.5 Å². The van der Waals surface area contributed by atoms with Crippen molar-refractivity contribution >= 4 is 27.5 Å². The average molecular weight is 552 g/mol. The number of hydrogen-bond donors (Lipinski definition) is 1. The maximum Gasteiger partial charge on any atom is 0.264 e. The van der Waals surface area contributed by atoms with Crippen LogP contribution in [0.15, 0.2) is 89.8 Å². The van der Waals surface area contributed by atoms with Gasteiger partial charge in [0.25, 0.3) is 10.0 Å². The van der Waals surface area contributed by atoms with E-state index in [1.54, 1.807) is 42.5 Å². The Bertz CT molecular complexity index is 1310. The van der Waals surface area contributed by atoms with Crippen molar-refractivity contribution in [3.63, 3.8) is 0 Å². The molecule has 0 aliphatic rings. The van der Waals surface area contributed by atoms with Crippen molar-refractivity contribution in [2.24, 2.45) is 0 Å². The number of nitrogens with one attached hydrogen (secondary N) is 1. The van der Waals surface area contributed by atoms with Crippen LogP contribution in [0.25, 0.3) is 0 Å². The molecule has 8 nitrogen and oxygen atoms in total. The van der Waals surface area contributed by atoms with Gasteiger partial charge in [0.1, 0.15) is 18.3 Å². The minimum Gasteiger partial charge on any atom is -0.494 e. The summed E-state index contributed by atoms with van der Waals surface area (Å²) < 4.78 is 34.2. The summed E-state index contributed by atoms with van der Waals surface area (Å²) in [5, 5.41) is 2.90. The van der Waals surface area contributed by atoms with E-state index in [1.165, 1.54) is 17.0 Å². The van der Waals surface area contributed by atoms with Gasteiger partial charge in [-0.25, -0.2) is 8.42 Å². The summed E-state index contributed by atoms with van der Waals surface area (Å²) in [6.07, 6.45) is 0.367. The first-order valence-electron chi connectivity index (χ1n) is 13.1. The Labute approximate surface area is 231 Å². The van der Waals surface area contributed by atoms with Crippen molar-refractivity contribution in [3.8, 4) is 5.75 Å². The Morgan fingerprint density at radius 1 is 0.872 bits per heavy atom. The molecule has 2 amide bonds. The topological polar surface area (TPSA) is 96.0 Å². The van der Waals surface area contributed by atoms with Crippen LogP contribution < -0.4 is 14.4 Å². The lowest BCUT2D eigenvalue weighted by atomic mass is 10.1. The predicted octanol–water partition coefficient (Wildman–Crippen LogP) is 4.61. The number of rotatable bonds is 13. The fraction of sp³-hybridized carbons (Fsp3) is 0.333. The Kier molecular flexibility index (Phi) is 10.5. The second kappa shape index (κ2) is 13.8. The highest BCUT2D eigenvalue weighted by Crippen LogP contribution is 2.27. The van der Waals surface area contributed by atoms with Crippen molar-refractivity contribution in [1.82, 2.24) is 10.2 Å². The summed E-state index contributed by atoms with van der Waals surface area (Å²) in [7, 11) is -4.11. The minimum atomic E-state index is -4.11. The van der Waals surface area contributed by atoms with E-state index in [2.05, 4.69) is 5.32 Å². The minimum absolute atomic E-state index is 0.0610. The number of carbonyl (C=O) groups excluding carboxylic acids is 2. The van der Waals surface area contributed by atoms with Crippen LogP contribution >= 0.6 is 0 Å². The first-order valence-corrected chi connectivity index (χ1v) is 14.6. The quantitative estimate of drug-likeness (QED) is 0.335. The zero-order valence-electron chi connectivity index (χ0n) is 22.9. The Hall–Kier alpha value is -3.85. The Morgan fingerprint density at radius 2 is 1.46 bits per heavy atom. The molecular formula is C30H37N3O5S. The maximum atomic E-state index is 14.0. The molecule has 0 aromatic heterocycles. The van der Waals surface area contributed by atoms with Crippen LogP contribution in [0.4, 0.5) is 5.69 Å². The molecule has 1 N–H and O–H groups in total. The highest BCUT2D eigenvalue weighted by Gasteiger charge is 2.33. The molecule has 3 aromatic rings. The normalized spacial score (nSPS) is 12.0. The Morgan fingerprint density at radius 3 is 2.00 bits per heavy atom. The molecule has 9 heteroatoms. The van der Waals surface area contributed by atoms with E-state index in [0.717, 1.165) is 9.87 Å². The lowest BCUT2D eigenvalue weighted by Gasteiger charge is -2.33. The van der Waals surface area contributed by atoms with Crippen LogP contribution in [0.1, 0.15) is 39.7 Å². The molecule has 0 aliphatic heterocycles. The van der Waals surface area contributed by atoms with Crippen molar-refractivity contribution < 1.29 is 22.7 Å². The van der Waals surface area contributed by atoms with Gasteiger partial charge in [-0.1, -0.05) is 55.5 Å². The van der Waals surface area contributed by atoms with Gasteiger partial charge in [0.2, 0.25) is 11.8 Å². The van der Waals surface area contributed by atoms with Gasteiger partial charge in [0.05, 0.1) is 17.2 Å². The molecule has 1 unspecified atom stereocenters. The molecule has 0 heterocycles. The monoisotopic (exact) mass is 551 g/mol. The van der Waals surface area contributed by atoms with Crippen molar-refractivity contribution in [2.75, 3.05) is 17.5 Å².